The number of nitrogens with zero attached hydrogens (tertiary/aromatic N) is 2. The summed E-state index contributed by atoms with van der Waals surface area (Å²) in [5, 5.41) is 13.1. The molecule has 2 N–H and O–H groups in total. The molecule has 2 heterocycles. The van der Waals surface area contributed by atoms with E-state index in [1.807, 2.05) is 6.07 Å². The number of anilines is 1. The molecule has 0 aliphatic carbocycles. The quantitative estimate of drug-likeness (QED) is 0.847. The molecule has 1 fully saturated rings. The predicted molar refractivity (Wildman–Crippen MR) is 73.7 cm³/mol. The maximum Gasteiger partial charge on any atom is 0.0839 e. The van der Waals surface area contributed by atoms with Crippen LogP contribution >= 0.6 is 15.9 Å². The van der Waals surface area contributed by atoms with E-state index in [0.29, 0.717) is 13.1 Å². The molecular formula is C12H18BrN3O2. The Balaban J connectivity index is 1.72. The van der Waals surface area contributed by atoms with Crippen molar-refractivity contribution in [1.82, 2.24) is 9.88 Å². The first kappa shape index (κ1) is 13.7. The van der Waals surface area contributed by atoms with Crippen molar-refractivity contribution in [3.8, 4) is 0 Å². The molecule has 0 radical (unpaired) electrons. The summed E-state index contributed by atoms with van der Waals surface area (Å²) in [5.74, 6) is 0. The number of morpholine rings is 1. The van der Waals surface area contributed by atoms with E-state index in [2.05, 4.69) is 31.1 Å². The van der Waals surface area contributed by atoms with Gasteiger partial charge in [0.05, 0.1) is 31.2 Å². The largest absolute Gasteiger partial charge is 0.390 e. The summed E-state index contributed by atoms with van der Waals surface area (Å²) in [6.45, 7) is 4.52. The Morgan fingerprint density at radius 1 is 1.44 bits per heavy atom. The van der Waals surface area contributed by atoms with Crippen LogP contribution in [-0.4, -0.2) is 60.5 Å². The molecule has 1 aliphatic heterocycles. The van der Waals surface area contributed by atoms with Crippen molar-refractivity contribution < 1.29 is 9.84 Å². The third-order valence-electron chi connectivity index (χ3n) is 2.82. The number of nitrogens with one attached hydrogen (secondary N) is 1. The van der Waals surface area contributed by atoms with E-state index in [1.165, 1.54) is 0 Å². The third kappa shape index (κ3) is 4.53. The van der Waals surface area contributed by atoms with Gasteiger partial charge < -0.3 is 15.2 Å². The Hall–Kier alpha value is -0.690. The molecule has 1 unspecified atom stereocenters. The van der Waals surface area contributed by atoms with Crippen molar-refractivity contribution in [1.29, 1.82) is 0 Å². The summed E-state index contributed by atoms with van der Waals surface area (Å²) in [5.41, 5.74) is 0.908. The summed E-state index contributed by atoms with van der Waals surface area (Å²) in [4.78, 5) is 6.28. The van der Waals surface area contributed by atoms with Crippen molar-refractivity contribution >= 4 is 21.6 Å². The van der Waals surface area contributed by atoms with Crippen LogP contribution < -0.4 is 5.32 Å². The molecule has 0 saturated carbocycles. The van der Waals surface area contributed by atoms with Crippen molar-refractivity contribution in [2.45, 2.75) is 6.10 Å². The average molecular weight is 316 g/mol. The first-order chi connectivity index (χ1) is 8.74. The maximum atomic E-state index is 9.95. The van der Waals surface area contributed by atoms with Gasteiger partial charge >= 0.3 is 0 Å². The van der Waals surface area contributed by atoms with Crippen LogP contribution in [0.5, 0.6) is 0 Å². The van der Waals surface area contributed by atoms with Gasteiger partial charge in [0.15, 0.2) is 0 Å². The number of pyridine rings is 1. The molecule has 1 aliphatic rings. The number of rotatable bonds is 5. The minimum absolute atomic E-state index is 0.387. The Morgan fingerprint density at radius 2 is 2.22 bits per heavy atom. The van der Waals surface area contributed by atoms with Crippen LogP contribution in [0.25, 0.3) is 0 Å². The van der Waals surface area contributed by atoms with Crippen LogP contribution in [0.2, 0.25) is 0 Å². The zero-order valence-electron chi connectivity index (χ0n) is 10.2. The van der Waals surface area contributed by atoms with E-state index in [9.17, 15) is 5.11 Å². The summed E-state index contributed by atoms with van der Waals surface area (Å²) in [6, 6.07) is 1.94. The molecule has 0 spiro atoms. The van der Waals surface area contributed by atoms with E-state index in [0.717, 1.165) is 36.5 Å². The first-order valence-corrected chi connectivity index (χ1v) is 6.86. The number of hydrogen-bond donors (Lipinski definition) is 2. The summed E-state index contributed by atoms with van der Waals surface area (Å²) in [7, 11) is 0. The second kappa shape index (κ2) is 7.04. The molecule has 0 amide bonds. The van der Waals surface area contributed by atoms with E-state index >= 15 is 0 Å². The van der Waals surface area contributed by atoms with Crippen molar-refractivity contribution in [3.05, 3.63) is 22.9 Å². The van der Waals surface area contributed by atoms with Gasteiger partial charge in [-0.15, -0.1) is 0 Å². The highest BCUT2D eigenvalue weighted by Crippen LogP contribution is 2.13. The molecule has 18 heavy (non-hydrogen) atoms. The number of aromatic nitrogens is 1. The zero-order valence-corrected chi connectivity index (χ0v) is 11.8. The molecule has 1 atom stereocenters. The Bertz CT molecular complexity index is 372. The van der Waals surface area contributed by atoms with Gasteiger partial charge in [0.2, 0.25) is 0 Å². The second-order valence-corrected chi connectivity index (χ2v) is 5.26. The first-order valence-electron chi connectivity index (χ1n) is 6.06. The van der Waals surface area contributed by atoms with Gasteiger partial charge in [-0.1, -0.05) is 0 Å². The standard InChI is InChI=1S/C12H18BrN3O2/c13-10-5-11(7-14-6-10)15-8-12(17)9-16-1-3-18-4-2-16/h5-7,12,15,17H,1-4,8-9H2. The van der Waals surface area contributed by atoms with Gasteiger partial charge in [0.25, 0.3) is 0 Å². The predicted octanol–water partition coefficient (Wildman–Crippen LogP) is 0.949. The molecule has 1 saturated heterocycles. The fourth-order valence-electron chi connectivity index (χ4n) is 1.89. The molecule has 1 aromatic heterocycles. The van der Waals surface area contributed by atoms with Crippen LogP contribution in [0.3, 0.4) is 0 Å². The molecule has 0 bridgehead atoms. The van der Waals surface area contributed by atoms with E-state index in [-0.39, 0.29) is 6.10 Å². The lowest BCUT2D eigenvalue weighted by molar-refractivity contribution is 0.0171. The van der Waals surface area contributed by atoms with E-state index in [1.54, 1.807) is 12.4 Å². The average Bonchev–Trinajstić information content (AvgIpc) is 2.38. The lowest BCUT2D eigenvalue weighted by Crippen LogP contribution is -2.42. The maximum absolute atomic E-state index is 9.95. The van der Waals surface area contributed by atoms with Crippen molar-refractivity contribution in [3.63, 3.8) is 0 Å². The van der Waals surface area contributed by atoms with Crippen LogP contribution in [0.4, 0.5) is 5.69 Å². The zero-order chi connectivity index (χ0) is 12.8. The van der Waals surface area contributed by atoms with Crippen LogP contribution in [0.1, 0.15) is 0 Å². The highest BCUT2D eigenvalue weighted by atomic mass is 79.9. The van der Waals surface area contributed by atoms with E-state index < -0.39 is 0 Å². The molecule has 6 heteroatoms. The van der Waals surface area contributed by atoms with Gasteiger partial charge in [-0.05, 0) is 22.0 Å². The normalized spacial score (nSPS) is 18.6. The minimum atomic E-state index is -0.387. The van der Waals surface area contributed by atoms with Gasteiger partial charge in [-0.25, -0.2) is 0 Å². The van der Waals surface area contributed by atoms with Gasteiger partial charge in [0, 0.05) is 36.8 Å². The third-order valence-corrected chi connectivity index (χ3v) is 3.25. The molecule has 0 aromatic carbocycles. The summed E-state index contributed by atoms with van der Waals surface area (Å²) in [6.07, 6.45) is 3.09. The number of hydrogen-bond acceptors (Lipinski definition) is 5. The second-order valence-electron chi connectivity index (χ2n) is 4.34. The number of β-amino-alcohol motifs (C(OH)–C–C–N with tert-alkyl or cyclic N) is 1. The van der Waals surface area contributed by atoms with Crippen LogP contribution in [0, 0.1) is 0 Å². The molecule has 5 nitrogen and oxygen atoms in total. The van der Waals surface area contributed by atoms with Gasteiger partial charge in [-0.3, -0.25) is 9.88 Å². The van der Waals surface area contributed by atoms with Crippen molar-refractivity contribution in [2.75, 3.05) is 44.7 Å². The number of aliphatic hydroxyl groups is 1. The monoisotopic (exact) mass is 315 g/mol. The molecule has 100 valence electrons. The lowest BCUT2D eigenvalue weighted by Gasteiger charge is -2.28. The van der Waals surface area contributed by atoms with Gasteiger partial charge in [-0.2, -0.15) is 0 Å². The SMILES string of the molecule is OC(CNc1cncc(Br)c1)CN1CCOCC1. The smallest absolute Gasteiger partial charge is 0.0839 e. The lowest BCUT2D eigenvalue weighted by atomic mass is 10.3. The van der Waals surface area contributed by atoms with Gasteiger partial charge in [0.1, 0.15) is 0 Å². The van der Waals surface area contributed by atoms with E-state index in [4.69, 9.17) is 4.74 Å². The Kier molecular flexibility index (Phi) is 5.37. The Morgan fingerprint density at radius 3 is 2.94 bits per heavy atom. The molecular weight excluding hydrogens is 298 g/mol. The van der Waals surface area contributed by atoms with Crippen LogP contribution in [0.15, 0.2) is 22.9 Å². The highest BCUT2D eigenvalue weighted by Gasteiger charge is 2.14. The summed E-state index contributed by atoms with van der Waals surface area (Å²) >= 11 is 3.36. The number of aliphatic hydroxyl groups excluding tert-OH is 1. The van der Waals surface area contributed by atoms with Crippen molar-refractivity contribution in [2.24, 2.45) is 0 Å². The topological polar surface area (TPSA) is 57.6 Å². The fourth-order valence-corrected chi connectivity index (χ4v) is 2.26. The number of halogens is 1. The molecule has 2 rings (SSSR count). The number of ether oxygens (including phenoxy) is 1. The highest BCUT2D eigenvalue weighted by molar-refractivity contribution is 9.10. The minimum Gasteiger partial charge on any atom is -0.390 e. The Labute approximate surface area is 115 Å². The molecule has 1 aromatic rings. The summed E-state index contributed by atoms with van der Waals surface area (Å²) < 4.78 is 6.20. The van der Waals surface area contributed by atoms with Crippen LogP contribution in [-0.2, 0) is 4.74 Å². The fraction of sp³-hybridized carbons (Fsp3) is 0.583.